The Morgan fingerprint density at radius 3 is 2.82 bits per heavy atom. The Hall–Kier alpha value is -4.26. The van der Waals surface area contributed by atoms with Gasteiger partial charge in [0.2, 0.25) is 0 Å². The van der Waals surface area contributed by atoms with E-state index < -0.39 is 0 Å². The highest BCUT2D eigenvalue weighted by Crippen LogP contribution is 2.29. The molecule has 1 fully saturated rings. The SMILES string of the molecule is N#Cc1cccc(C2C=CN(c3cc(N4CCOCC4)n4nc(-c5cccnc5)cc4n3)N2)c1. The Bertz CT molecular complexity index is 1400. The molecule has 4 aromatic rings. The largest absolute Gasteiger partial charge is 0.378 e. The number of ether oxygens (including phenoxy) is 1. The fourth-order valence-corrected chi connectivity index (χ4v) is 4.28. The number of hydrazine groups is 1. The topological polar surface area (TPSA) is 94.6 Å². The minimum Gasteiger partial charge on any atom is -0.378 e. The third-order valence-corrected chi connectivity index (χ3v) is 6.01. The summed E-state index contributed by atoms with van der Waals surface area (Å²) in [5.41, 5.74) is 7.66. The quantitative estimate of drug-likeness (QED) is 0.507. The van der Waals surface area contributed by atoms with Crippen molar-refractivity contribution in [3.05, 3.63) is 84.3 Å². The summed E-state index contributed by atoms with van der Waals surface area (Å²) in [5.74, 6) is 1.73. The lowest BCUT2D eigenvalue weighted by Gasteiger charge is -2.29. The first-order valence-electron chi connectivity index (χ1n) is 11.2. The molecule has 0 radical (unpaired) electrons. The number of nitrogens with one attached hydrogen (secondary N) is 1. The van der Waals surface area contributed by atoms with Gasteiger partial charge >= 0.3 is 0 Å². The van der Waals surface area contributed by atoms with E-state index in [9.17, 15) is 5.26 Å². The molecule has 168 valence electrons. The van der Waals surface area contributed by atoms with Crippen molar-refractivity contribution in [2.75, 3.05) is 36.2 Å². The van der Waals surface area contributed by atoms with Crippen molar-refractivity contribution in [1.82, 2.24) is 25.0 Å². The molecule has 5 heterocycles. The van der Waals surface area contributed by atoms with E-state index in [1.807, 2.05) is 70.5 Å². The van der Waals surface area contributed by atoms with Crippen molar-refractivity contribution in [1.29, 1.82) is 5.26 Å². The van der Waals surface area contributed by atoms with E-state index in [4.69, 9.17) is 14.8 Å². The van der Waals surface area contributed by atoms with Gasteiger partial charge in [0.25, 0.3) is 0 Å². The normalized spacial score (nSPS) is 17.9. The Morgan fingerprint density at radius 1 is 1.09 bits per heavy atom. The number of hydrogen-bond donors (Lipinski definition) is 1. The van der Waals surface area contributed by atoms with Crippen LogP contribution in [-0.4, -0.2) is 45.9 Å². The molecule has 9 nitrogen and oxygen atoms in total. The fourth-order valence-electron chi connectivity index (χ4n) is 4.28. The van der Waals surface area contributed by atoms with Crippen LogP contribution in [0.3, 0.4) is 0 Å². The molecule has 1 atom stereocenters. The number of fused-ring (bicyclic) bond motifs is 1. The van der Waals surface area contributed by atoms with Gasteiger partial charge in [-0.3, -0.25) is 9.99 Å². The van der Waals surface area contributed by atoms with Crippen LogP contribution in [0.1, 0.15) is 17.2 Å². The molecule has 6 rings (SSSR count). The highest BCUT2D eigenvalue weighted by molar-refractivity contribution is 5.68. The van der Waals surface area contributed by atoms with Crippen LogP contribution in [0.2, 0.25) is 0 Å². The van der Waals surface area contributed by atoms with Crippen LogP contribution in [0.15, 0.2) is 73.2 Å². The lowest BCUT2D eigenvalue weighted by Crippen LogP contribution is -2.38. The number of anilines is 2. The molecule has 1 saturated heterocycles. The van der Waals surface area contributed by atoms with Gasteiger partial charge in [-0.05, 0) is 35.9 Å². The lowest BCUT2D eigenvalue weighted by molar-refractivity contribution is 0.122. The molecule has 0 spiro atoms. The van der Waals surface area contributed by atoms with Crippen molar-refractivity contribution in [2.45, 2.75) is 6.04 Å². The number of morpholine rings is 1. The zero-order valence-electron chi connectivity index (χ0n) is 18.4. The smallest absolute Gasteiger partial charge is 0.160 e. The average molecular weight is 451 g/mol. The van der Waals surface area contributed by atoms with Gasteiger partial charge in [-0.25, -0.2) is 10.4 Å². The average Bonchev–Trinajstić information content (AvgIpc) is 3.57. The van der Waals surface area contributed by atoms with Crippen molar-refractivity contribution in [3.8, 4) is 17.3 Å². The number of aromatic nitrogens is 4. The highest BCUT2D eigenvalue weighted by Gasteiger charge is 2.23. The Kier molecular flexibility index (Phi) is 5.14. The van der Waals surface area contributed by atoms with Crippen LogP contribution in [0.25, 0.3) is 16.9 Å². The van der Waals surface area contributed by atoms with Crippen molar-refractivity contribution in [2.24, 2.45) is 0 Å². The van der Waals surface area contributed by atoms with Gasteiger partial charge < -0.3 is 9.64 Å². The zero-order chi connectivity index (χ0) is 22.9. The molecule has 2 aliphatic heterocycles. The van der Waals surface area contributed by atoms with Gasteiger partial charge in [0, 0.05) is 49.4 Å². The molecule has 3 aromatic heterocycles. The molecule has 34 heavy (non-hydrogen) atoms. The molecule has 1 N–H and O–H groups in total. The molecule has 1 unspecified atom stereocenters. The summed E-state index contributed by atoms with van der Waals surface area (Å²) < 4.78 is 7.46. The van der Waals surface area contributed by atoms with Crippen LogP contribution in [-0.2, 0) is 4.74 Å². The molecular weight excluding hydrogens is 428 g/mol. The summed E-state index contributed by atoms with van der Waals surface area (Å²) in [4.78, 5) is 11.4. The van der Waals surface area contributed by atoms with Crippen LogP contribution in [0.4, 0.5) is 11.6 Å². The number of nitrogens with zero attached hydrogens (tertiary/aromatic N) is 7. The Labute approximate surface area is 196 Å². The van der Waals surface area contributed by atoms with Crippen LogP contribution in [0.5, 0.6) is 0 Å². The zero-order valence-corrected chi connectivity index (χ0v) is 18.4. The predicted molar refractivity (Wildman–Crippen MR) is 128 cm³/mol. The Morgan fingerprint density at radius 2 is 2.00 bits per heavy atom. The Balaban J connectivity index is 1.38. The molecule has 0 aliphatic carbocycles. The van der Waals surface area contributed by atoms with E-state index in [0.717, 1.165) is 47.2 Å². The third kappa shape index (κ3) is 3.75. The summed E-state index contributed by atoms with van der Waals surface area (Å²) in [6.07, 6.45) is 7.60. The molecule has 0 amide bonds. The first-order valence-corrected chi connectivity index (χ1v) is 11.2. The van der Waals surface area contributed by atoms with Gasteiger partial charge in [0.05, 0.1) is 36.6 Å². The second-order valence-corrected chi connectivity index (χ2v) is 8.17. The van der Waals surface area contributed by atoms with E-state index in [2.05, 4.69) is 27.5 Å². The maximum Gasteiger partial charge on any atom is 0.160 e. The summed E-state index contributed by atoms with van der Waals surface area (Å²) in [5, 5.41) is 16.0. The number of benzene rings is 1. The number of pyridine rings is 1. The van der Waals surface area contributed by atoms with Crippen molar-refractivity contribution >= 4 is 17.3 Å². The lowest BCUT2D eigenvalue weighted by atomic mass is 10.1. The highest BCUT2D eigenvalue weighted by atomic mass is 16.5. The summed E-state index contributed by atoms with van der Waals surface area (Å²) in [7, 11) is 0. The van der Waals surface area contributed by atoms with Gasteiger partial charge in [-0.2, -0.15) is 14.9 Å². The van der Waals surface area contributed by atoms with Gasteiger partial charge in [-0.1, -0.05) is 12.1 Å². The molecule has 2 aliphatic rings. The molecule has 0 saturated carbocycles. The van der Waals surface area contributed by atoms with Crippen LogP contribution < -0.4 is 15.3 Å². The molecule has 0 bridgehead atoms. The predicted octanol–water partition coefficient (Wildman–Crippen LogP) is 3.08. The van der Waals surface area contributed by atoms with Crippen LogP contribution in [0, 0.1) is 11.3 Å². The number of nitriles is 1. The van der Waals surface area contributed by atoms with Gasteiger partial charge in [0.15, 0.2) is 11.5 Å². The van der Waals surface area contributed by atoms with Crippen molar-refractivity contribution in [3.63, 3.8) is 0 Å². The van der Waals surface area contributed by atoms with E-state index in [1.54, 1.807) is 6.20 Å². The number of hydrogen-bond acceptors (Lipinski definition) is 8. The second kappa shape index (κ2) is 8.59. The van der Waals surface area contributed by atoms with E-state index in [-0.39, 0.29) is 6.04 Å². The third-order valence-electron chi connectivity index (χ3n) is 6.01. The minimum absolute atomic E-state index is 0.0472. The fraction of sp³-hybridized carbons (Fsp3) is 0.200. The summed E-state index contributed by atoms with van der Waals surface area (Å²) in [6.45, 7) is 2.92. The molecule has 9 heteroatoms. The van der Waals surface area contributed by atoms with Gasteiger partial charge in [0.1, 0.15) is 5.82 Å². The van der Waals surface area contributed by atoms with Crippen molar-refractivity contribution < 1.29 is 4.74 Å². The minimum atomic E-state index is -0.0472. The maximum absolute atomic E-state index is 9.24. The van der Waals surface area contributed by atoms with Gasteiger partial charge in [-0.15, -0.1) is 0 Å². The monoisotopic (exact) mass is 450 g/mol. The van der Waals surface area contributed by atoms with E-state index in [1.165, 1.54) is 0 Å². The maximum atomic E-state index is 9.24. The second-order valence-electron chi connectivity index (χ2n) is 8.17. The summed E-state index contributed by atoms with van der Waals surface area (Å²) in [6, 6.07) is 17.7. The van der Waals surface area contributed by atoms with Crippen LogP contribution >= 0.6 is 0 Å². The molecular formula is C25H22N8O. The first-order chi connectivity index (χ1) is 16.8. The first kappa shape index (κ1) is 20.4. The standard InChI is InChI=1S/C25H22N8O/c26-16-18-3-1-4-19(13-18)21-6-8-32(29-21)23-15-25(31-9-11-34-12-10-31)33-24(28-23)14-22(30-33)20-5-2-7-27-17-20/h1-8,13-15,17,21,29H,9-12H2. The number of rotatable bonds is 4. The van der Waals surface area contributed by atoms with E-state index >= 15 is 0 Å². The van der Waals surface area contributed by atoms with E-state index in [0.29, 0.717) is 18.8 Å². The molecule has 1 aromatic carbocycles. The summed E-state index contributed by atoms with van der Waals surface area (Å²) >= 11 is 0.